The van der Waals surface area contributed by atoms with Crippen LogP contribution in [0.25, 0.3) is 17.0 Å². The van der Waals surface area contributed by atoms with Crippen LogP contribution in [0.15, 0.2) is 60.7 Å². The second kappa shape index (κ2) is 9.47. The molecule has 0 aliphatic rings. The van der Waals surface area contributed by atoms with E-state index in [4.69, 9.17) is 9.47 Å². The Bertz CT molecular complexity index is 1220. The van der Waals surface area contributed by atoms with Crippen molar-refractivity contribution in [1.29, 1.82) is 0 Å². The van der Waals surface area contributed by atoms with Crippen molar-refractivity contribution < 1.29 is 14.3 Å². The number of aryl methyl sites for hydroxylation is 2. The summed E-state index contributed by atoms with van der Waals surface area (Å²) < 4.78 is 13.2. The van der Waals surface area contributed by atoms with Gasteiger partial charge in [-0.05, 0) is 44.0 Å². The number of carbonyl (C=O) groups excluding carboxylic acids is 1. The summed E-state index contributed by atoms with van der Waals surface area (Å²) in [5.74, 6) is 1.56. The molecule has 1 atom stereocenters. The largest absolute Gasteiger partial charge is 0.481 e. The van der Waals surface area contributed by atoms with Gasteiger partial charge in [-0.2, -0.15) is 4.52 Å². The molecule has 0 saturated heterocycles. The maximum absolute atomic E-state index is 12.4. The Morgan fingerprint density at radius 3 is 2.69 bits per heavy atom. The Labute approximate surface area is 186 Å². The first-order chi connectivity index (χ1) is 15.5. The molecule has 8 nitrogen and oxygen atoms in total. The number of amides is 1. The predicted molar refractivity (Wildman–Crippen MR) is 121 cm³/mol. The van der Waals surface area contributed by atoms with Crippen molar-refractivity contribution in [3.05, 3.63) is 71.8 Å². The Kier molecular flexibility index (Phi) is 6.30. The number of fused-ring (bicyclic) bond motifs is 1. The van der Waals surface area contributed by atoms with Gasteiger partial charge >= 0.3 is 0 Å². The lowest BCUT2D eigenvalue weighted by Gasteiger charge is -2.16. The molecule has 32 heavy (non-hydrogen) atoms. The number of aromatic nitrogens is 4. The summed E-state index contributed by atoms with van der Waals surface area (Å²) in [4.78, 5) is 12.4. The summed E-state index contributed by atoms with van der Waals surface area (Å²) in [6, 6.07) is 19.1. The molecular formula is C24H25N5O3. The number of hydrogen-bond acceptors (Lipinski definition) is 6. The minimum absolute atomic E-state index is 0.205. The molecule has 0 aliphatic heterocycles. The molecule has 1 amide bonds. The molecule has 4 rings (SSSR count). The van der Waals surface area contributed by atoms with Crippen molar-refractivity contribution in [2.24, 2.45) is 0 Å². The lowest BCUT2D eigenvalue weighted by Crippen LogP contribution is -2.38. The van der Waals surface area contributed by atoms with Gasteiger partial charge in [0, 0.05) is 11.6 Å². The average molecular weight is 431 g/mol. The monoisotopic (exact) mass is 431 g/mol. The minimum atomic E-state index is -0.615. The van der Waals surface area contributed by atoms with E-state index in [0.717, 1.165) is 16.7 Å². The number of ether oxygens (including phenoxy) is 2. The fourth-order valence-corrected chi connectivity index (χ4v) is 3.17. The molecule has 2 aromatic heterocycles. The highest BCUT2D eigenvalue weighted by molar-refractivity contribution is 5.80. The van der Waals surface area contributed by atoms with Crippen LogP contribution in [-0.2, 0) is 4.79 Å². The first-order valence-electron chi connectivity index (χ1n) is 10.4. The third-order valence-electron chi connectivity index (χ3n) is 4.94. The third kappa shape index (κ3) is 4.85. The number of nitrogens with zero attached hydrogens (tertiary/aromatic N) is 4. The van der Waals surface area contributed by atoms with Crippen LogP contribution in [0.2, 0.25) is 0 Å². The quantitative estimate of drug-likeness (QED) is 0.430. The lowest BCUT2D eigenvalue weighted by atomic mass is 10.1. The maximum atomic E-state index is 12.4. The number of benzene rings is 2. The molecule has 1 unspecified atom stereocenters. The molecule has 8 heteroatoms. The summed E-state index contributed by atoms with van der Waals surface area (Å²) in [7, 11) is 0. The van der Waals surface area contributed by atoms with Crippen LogP contribution >= 0.6 is 0 Å². The molecule has 2 heterocycles. The van der Waals surface area contributed by atoms with Gasteiger partial charge in [-0.1, -0.05) is 42.5 Å². The Hall–Kier alpha value is -3.94. The molecule has 1 N–H and O–H groups in total. The number of rotatable bonds is 8. The zero-order chi connectivity index (χ0) is 22.5. The van der Waals surface area contributed by atoms with Gasteiger partial charge in [-0.15, -0.1) is 15.3 Å². The van der Waals surface area contributed by atoms with E-state index in [-0.39, 0.29) is 12.5 Å². The van der Waals surface area contributed by atoms with Crippen LogP contribution in [0.1, 0.15) is 18.1 Å². The van der Waals surface area contributed by atoms with Gasteiger partial charge in [-0.25, -0.2) is 0 Å². The van der Waals surface area contributed by atoms with Crippen LogP contribution in [0, 0.1) is 13.8 Å². The standard InChI is InChI=1S/C24H25N5O3/c1-16-9-10-17(2)20(15-16)32-18(3)24(30)25-13-14-31-22-12-11-21-26-27-23(29(21)28-22)19-7-5-4-6-8-19/h4-12,15,18H,13-14H2,1-3H3,(H,25,30). The highest BCUT2D eigenvalue weighted by Crippen LogP contribution is 2.21. The first-order valence-corrected chi connectivity index (χ1v) is 10.4. The van der Waals surface area contributed by atoms with Crippen LogP contribution in [0.4, 0.5) is 0 Å². The molecule has 0 fully saturated rings. The van der Waals surface area contributed by atoms with Crippen molar-refractivity contribution in [3.63, 3.8) is 0 Å². The Morgan fingerprint density at radius 2 is 1.88 bits per heavy atom. The van der Waals surface area contributed by atoms with Crippen molar-refractivity contribution in [1.82, 2.24) is 25.1 Å². The van der Waals surface area contributed by atoms with Crippen LogP contribution in [0.5, 0.6) is 11.6 Å². The molecule has 0 spiro atoms. The van der Waals surface area contributed by atoms with Gasteiger partial charge in [0.25, 0.3) is 5.91 Å². The van der Waals surface area contributed by atoms with Gasteiger partial charge in [0.15, 0.2) is 17.6 Å². The van der Waals surface area contributed by atoms with Gasteiger partial charge < -0.3 is 14.8 Å². The number of nitrogens with one attached hydrogen (secondary N) is 1. The summed E-state index contributed by atoms with van der Waals surface area (Å²) in [6.07, 6.45) is -0.615. The Balaban J connectivity index is 1.31. The summed E-state index contributed by atoms with van der Waals surface area (Å²) in [5, 5.41) is 15.7. The molecule has 0 radical (unpaired) electrons. The van der Waals surface area contributed by atoms with Gasteiger partial charge in [-0.3, -0.25) is 4.79 Å². The summed E-state index contributed by atoms with van der Waals surface area (Å²) in [5.41, 5.74) is 3.61. The smallest absolute Gasteiger partial charge is 0.260 e. The van der Waals surface area contributed by atoms with Crippen LogP contribution in [0.3, 0.4) is 0 Å². The fraction of sp³-hybridized carbons (Fsp3) is 0.250. The minimum Gasteiger partial charge on any atom is -0.481 e. The SMILES string of the molecule is Cc1ccc(C)c(OC(C)C(=O)NCCOc2ccc3nnc(-c4ccccc4)n3n2)c1. The van der Waals surface area contributed by atoms with E-state index in [1.165, 1.54) is 0 Å². The molecular weight excluding hydrogens is 406 g/mol. The molecule has 0 bridgehead atoms. The van der Waals surface area contributed by atoms with Crippen molar-refractivity contribution >= 4 is 11.6 Å². The van der Waals surface area contributed by atoms with E-state index in [0.29, 0.717) is 29.6 Å². The molecule has 164 valence electrons. The lowest BCUT2D eigenvalue weighted by molar-refractivity contribution is -0.127. The highest BCUT2D eigenvalue weighted by Gasteiger charge is 2.15. The summed E-state index contributed by atoms with van der Waals surface area (Å²) in [6.45, 7) is 6.26. The van der Waals surface area contributed by atoms with E-state index in [2.05, 4.69) is 20.6 Å². The molecule has 2 aromatic carbocycles. The first kappa shape index (κ1) is 21.3. The topological polar surface area (TPSA) is 90.6 Å². The fourth-order valence-electron chi connectivity index (χ4n) is 3.17. The predicted octanol–water partition coefficient (Wildman–Crippen LogP) is 3.37. The van der Waals surface area contributed by atoms with Crippen molar-refractivity contribution in [2.75, 3.05) is 13.2 Å². The average Bonchev–Trinajstić information content (AvgIpc) is 3.23. The van der Waals surface area contributed by atoms with Gasteiger partial charge in [0.05, 0.1) is 6.54 Å². The molecule has 4 aromatic rings. The van der Waals surface area contributed by atoms with E-state index in [9.17, 15) is 4.79 Å². The van der Waals surface area contributed by atoms with E-state index in [1.807, 2.05) is 62.4 Å². The Morgan fingerprint density at radius 1 is 1.06 bits per heavy atom. The van der Waals surface area contributed by atoms with Gasteiger partial charge in [0.2, 0.25) is 5.88 Å². The van der Waals surface area contributed by atoms with Gasteiger partial charge in [0.1, 0.15) is 12.4 Å². The second-order valence-corrected chi connectivity index (χ2v) is 7.50. The van der Waals surface area contributed by atoms with E-state index in [1.54, 1.807) is 23.6 Å². The highest BCUT2D eigenvalue weighted by atomic mass is 16.5. The van der Waals surface area contributed by atoms with Crippen molar-refractivity contribution in [3.8, 4) is 23.0 Å². The zero-order valence-corrected chi connectivity index (χ0v) is 18.3. The number of hydrogen-bond donors (Lipinski definition) is 1. The van der Waals surface area contributed by atoms with Crippen molar-refractivity contribution in [2.45, 2.75) is 26.9 Å². The third-order valence-corrected chi connectivity index (χ3v) is 4.94. The zero-order valence-electron chi connectivity index (χ0n) is 18.3. The molecule has 0 aliphatic carbocycles. The van der Waals surface area contributed by atoms with E-state index < -0.39 is 6.10 Å². The second-order valence-electron chi connectivity index (χ2n) is 7.50. The molecule has 0 saturated carbocycles. The van der Waals surface area contributed by atoms with Crippen LogP contribution in [-0.4, -0.2) is 45.0 Å². The maximum Gasteiger partial charge on any atom is 0.260 e. The summed E-state index contributed by atoms with van der Waals surface area (Å²) >= 11 is 0. The number of carbonyl (C=O) groups is 1. The van der Waals surface area contributed by atoms with E-state index >= 15 is 0 Å². The normalized spacial score (nSPS) is 11.8. The van der Waals surface area contributed by atoms with Crippen LogP contribution < -0.4 is 14.8 Å².